The molecular weight excluding hydrogens is 346 g/mol. The van der Waals surface area contributed by atoms with Crippen molar-refractivity contribution < 1.29 is 4.79 Å². The van der Waals surface area contributed by atoms with Crippen LogP contribution in [0.3, 0.4) is 0 Å². The van der Waals surface area contributed by atoms with Gasteiger partial charge in [-0.25, -0.2) is 4.98 Å². The molecular formula is C17H20ClN3O2S. The van der Waals surface area contributed by atoms with Gasteiger partial charge in [-0.3, -0.25) is 14.2 Å². The fourth-order valence-electron chi connectivity index (χ4n) is 2.82. The molecule has 3 rings (SSSR count). The van der Waals surface area contributed by atoms with Gasteiger partial charge in [0.15, 0.2) is 5.16 Å². The lowest BCUT2D eigenvalue weighted by Crippen LogP contribution is -2.28. The van der Waals surface area contributed by atoms with Crippen molar-refractivity contribution >= 4 is 40.2 Å². The maximum Gasteiger partial charge on any atom is 0.262 e. The molecule has 1 atom stereocenters. The molecule has 1 fully saturated rings. The highest BCUT2D eigenvalue weighted by Gasteiger charge is 2.31. The van der Waals surface area contributed by atoms with Gasteiger partial charge >= 0.3 is 0 Å². The molecule has 0 aliphatic carbocycles. The van der Waals surface area contributed by atoms with E-state index in [-0.39, 0.29) is 16.7 Å². The van der Waals surface area contributed by atoms with Crippen molar-refractivity contribution in [2.24, 2.45) is 5.92 Å². The number of hydrogen-bond acceptors (Lipinski definition) is 4. The van der Waals surface area contributed by atoms with E-state index in [4.69, 9.17) is 11.6 Å². The Labute approximate surface area is 150 Å². The highest BCUT2D eigenvalue weighted by Crippen LogP contribution is 2.30. The first-order chi connectivity index (χ1) is 11.4. The van der Waals surface area contributed by atoms with Gasteiger partial charge in [0.2, 0.25) is 5.91 Å². The molecule has 0 radical (unpaired) electrons. The van der Waals surface area contributed by atoms with Gasteiger partial charge in [-0.05, 0) is 30.5 Å². The summed E-state index contributed by atoms with van der Waals surface area (Å²) < 4.78 is 1.68. The first-order valence-corrected chi connectivity index (χ1v) is 9.24. The Bertz CT molecular complexity index is 850. The molecule has 24 heavy (non-hydrogen) atoms. The zero-order valence-corrected chi connectivity index (χ0v) is 15.5. The van der Waals surface area contributed by atoms with Gasteiger partial charge in [0.05, 0.1) is 16.2 Å². The van der Waals surface area contributed by atoms with Crippen LogP contribution in [0.15, 0.2) is 28.2 Å². The number of fused-ring (bicyclic) bond motifs is 1. The summed E-state index contributed by atoms with van der Waals surface area (Å²) in [4.78, 5) is 31.5. The van der Waals surface area contributed by atoms with Crippen molar-refractivity contribution in [3.63, 3.8) is 0 Å². The molecule has 1 amide bonds. The van der Waals surface area contributed by atoms with E-state index in [1.807, 2.05) is 0 Å². The third-order valence-electron chi connectivity index (χ3n) is 4.05. The van der Waals surface area contributed by atoms with Gasteiger partial charge in [-0.15, -0.1) is 0 Å². The predicted octanol–water partition coefficient (Wildman–Crippen LogP) is 3.03. The summed E-state index contributed by atoms with van der Waals surface area (Å²) in [6.07, 6.45) is 0.774. The van der Waals surface area contributed by atoms with Gasteiger partial charge in [-0.1, -0.05) is 37.2 Å². The summed E-state index contributed by atoms with van der Waals surface area (Å²) in [5.41, 5.74) is 0.517. The van der Waals surface area contributed by atoms with Gasteiger partial charge in [-0.2, -0.15) is 0 Å². The topological polar surface area (TPSA) is 55.2 Å². The van der Waals surface area contributed by atoms with Gasteiger partial charge in [0.1, 0.15) is 0 Å². The van der Waals surface area contributed by atoms with E-state index >= 15 is 0 Å². The van der Waals surface area contributed by atoms with Crippen molar-refractivity contribution in [1.29, 1.82) is 0 Å². The molecule has 128 valence electrons. The van der Waals surface area contributed by atoms with Crippen LogP contribution in [0, 0.1) is 5.92 Å². The van der Waals surface area contributed by atoms with Gasteiger partial charge < -0.3 is 4.90 Å². The lowest BCUT2D eigenvalue weighted by Gasteiger charge is -2.17. The largest absolute Gasteiger partial charge is 0.345 e. The average molecular weight is 366 g/mol. The van der Waals surface area contributed by atoms with Crippen LogP contribution >= 0.6 is 23.4 Å². The maximum atomic E-state index is 12.9. The van der Waals surface area contributed by atoms with Crippen LogP contribution in [-0.2, 0) is 11.3 Å². The number of likely N-dealkylation sites (tertiary alicyclic amines) is 1. The first-order valence-electron chi connectivity index (χ1n) is 7.98. The minimum Gasteiger partial charge on any atom is -0.345 e. The van der Waals surface area contributed by atoms with Crippen molar-refractivity contribution in [1.82, 2.24) is 14.5 Å². The Kier molecular flexibility index (Phi) is 4.88. The summed E-state index contributed by atoms with van der Waals surface area (Å²) in [5, 5.41) is 1.47. The van der Waals surface area contributed by atoms with Crippen LogP contribution in [-0.4, -0.2) is 39.2 Å². The van der Waals surface area contributed by atoms with Crippen LogP contribution in [0.1, 0.15) is 20.3 Å². The summed E-state index contributed by atoms with van der Waals surface area (Å²) in [7, 11) is 1.81. The lowest BCUT2D eigenvalue weighted by atomic mass is 10.2. The number of rotatable bonds is 4. The molecule has 1 saturated heterocycles. The summed E-state index contributed by atoms with van der Waals surface area (Å²) in [6, 6.07) is 5.14. The standard InChI is InChI=1S/C17H20ClN3O2S/c1-10(2)9-21-15(22)12-8-11(18)4-5-13(12)19-17(21)24-14-6-7-20(3)16(14)23/h4-5,8,10,14H,6-7,9H2,1-3H3. The van der Waals surface area contributed by atoms with Crippen LogP contribution < -0.4 is 5.56 Å². The number of amides is 1. The molecule has 7 heteroatoms. The van der Waals surface area contributed by atoms with Crippen molar-refractivity contribution in [2.45, 2.75) is 37.2 Å². The molecule has 1 unspecified atom stereocenters. The normalized spacial score (nSPS) is 18.1. The third kappa shape index (κ3) is 3.30. The zero-order chi connectivity index (χ0) is 17.4. The molecule has 0 N–H and O–H groups in total. The minimum atomic E-state index is -0.176. The monoisotopic (exact) mass is 365 g/mol. The van der Waals surface area contributed by atoms with E-state index in [1.54, 1.807) is 34.7 Å². The molecule has 0 saturated carbocycles. The average Bonchev–Trinajstić information content (AvgIpc) is 2.83. The quantitative estimate of drug-likeness (QED) is 0.781. The number of nitrogens with zero attached hydrogens (tertiary/aromatic N) is 3. The van der Waals surface area contributed by atoms with E-state index in [1.165, 1.54) is 11.8 Å². The maximum absolute atomic E-state index is 12.9. The van der Waals surface area contributed by atoms with Crippen molar-refractivity contribution in [3.8, 4) is 0 Å². The molecule has 1 aromatic heterocycles. The zero-order valence-electron chi connectivity index (χ0n) is 14.0. The lowest BCUT2D eigenvalue weighted by molar-refractivity contribution is -0.126. The summed E-state index contributed by atoms with van der Waals surface area (Å²) >= 11 is 7.42. The SMILES string of the molecule is CC(C)Cn1c(SC2CCN(C)C2=O)nc2ccc(Cl)cc2c1=O. The third-order valence-corrected chi connectivity index (χ3v) is 5.53. The Morgan fingerprint density at radius 2 is 2.12 bits per heavy atom. The second kappa shape index (κ2) is 6.76. The molecule has 2 aromatic rings. The molecule has 2 heterocycles. The number of carbonyl (C=O) groups excluding carboxylic acids is 1. The molecule has 1 aliphatic rings. The molecule has 1 aromatic carbocycles. The smallest absolute Gasteiger partial charge is 0.262 e. The number of benzene rings is 1. The second-order valence-corrected chi connectivity index (χ2v) is 8.13. The summed E-state index contributed by atoms with van der Waals surface area (Å²) in [5.74, 6) is 0.393. The van der Waals surface area contributed by atoms with E-state index in [9.17, 15) is 9.59 Å². The van der Waals surface area contributed by atoms with Crippen LogP contribution in [0.2, 0.25) is 5.02 Å². The summed E-state index contributed by atoms with van der Waals surface area (Å²) in [6.45, 7) is 5.41. The molecule has 0 spiro atoms. The van der Waals surface area contributed by atoms with E-state index in [0.717, 1.165) is 13.0 Å². The highest BCUT2D eigenvalue weighted by atomic mass is 35.5. The molecule has 1 aliphatic heterocycles. The minimum absolute atomic E-state index is 0.0987. The Balaban J connectivity index is 2.09. The van der Waals surface area contributed by atoms with E-state index < -0.39 is 0 Å². The van der Waals surface area contributed by atoms with Gasteiger partial charge in [0.25, 0.3) is 5.56 Å². The number of thioether (sulfide) groups is 1. The second-order valence-electron chi connectivity index (χ2n) is 6.52. The highest BCUT2D eigenvalue weighted by molar-refractivity contribution is 8.00. The number of carbonyl (C=O) groups is 1. The fraction of sp³-hybridized carbons (Fsp3) is 0.471. The van der Waals surface area contributed by atoms with Crippen LogP contribution in [0.5, 0.6) is 0 Å². The van der Waals surface area contributed by atoms with Crippen molar-refractivity contribution in [3.05, 3.63) is 33.6 Å². The number of aromatic nitrogens is 2. The number of hydrogen-bond donors (Lipinski definition) is 0. The Morgan fingerprint density at radius 3 is 2.75 bits per heavy atom. The Morgan fingerprint density at radius 1 is 1.38 bits per heavy atom. The molecule has 0 bridgehead atoms. The number of halogens is 1. The van der Waals surface area contributed by atoms with E-state index in [0.29, 0.717) is 33.5 Å². The first kappa shape index (κ1) is 17.3. The predicted molar refractivity (Wildman–Crippen MR) is 97.8 cm³/mol. The van der Waals surface area contributed by atoms with Crippen LogP contribution in [0.25, 0.3) is 10.9 Å². The molecule has 5 nitrogen and oxygen atoms in total. The van der Waals surface area contributed by atoms with Crippen molar-refractivity contribution in [2.75, 3.05) is 13.6 Å². The van der Waals surface area contributed by atoms with Gasteiger partial charge in [0, 0.05) is 25.2 Å². The van der Waals surface area contributed by atoms with E-state index in [2.05, 4.69) is 18.8 Å². The Hall–Kier alpha value is -1.53. The van der Waals surface area contributed by atoms with Crippen LogP contribution in [0.4, 0.5) is 0 Å². The fourth-order valence-corrected chi connectivity index (χ4v) is 4.18.